The largest absolute Gasteiger partial charge is 0.239 e. The number of rotatable bonds is 1. The highest BCUT2D eigenvalue weighted by molar-refractivity contribution is 9.10. The maximum absolute atomic E-state index is 12.7. The van der Waals surface area contributed by atoms with E-state index in [1.165, 1.54) is 12.1 Å². The zero-order valence-corrected chi connectivity index (χ0v) is 8.12. The van der Waals surface area contributed by atoms with Gasteiger partial charge in [0.1, 0.15) is 5.82 Å². The van der Waals surface area contributed by atoms with E-state index in [4.69, 9.17) is 0 Å². The average molecular weight is 240 g/mol. The summed E-state index contributed by atoms with van der Waals surface area (Å²) < 4.78 is 15.0. The van der Waals surface area contributed by atoms with Crippen molar-refractivity contribution >= 4 is 15.9 Å². The molecule has 0 fully saturated rings. The molecule has 0 aliphatic carbocycles. The molecule has 65 valence electrons. The molecule has 1 radical (unpaired) electrons. The van der Waals surface area contributed by atoms with E-state index in [1.54, 1.807) is 23.1 Å². The lowest BCUT2D eigenvalue weighted by atomic mass is 10.3. The van der Waals surface area contributed by atoms with Crippen LogP contribution in [0.2, 0.25) is 0 Å². The summed E-state index contributed by atoms with van der Waals surface area (Å²) in [5.41, 5.74) is 0.794. The molecule has 4 heteroatoms. The predicted molar refractivity (Wildman–Crippen MR) is 50.1 cm³/mol. The third kappa shape index (κ3) is 1.62. The quantitative estimate of drug-likeness (QED) is 0.749. The van der Waals surface area contributed by atoms with Crippen LogP contribution in [0.25, 0.3) is 5.69 Å². The number of nitrogens with zero attached hydrogens (tertiary/aromatic N) is 2. The SMILES string of the molecule is Fc1ccc(-n2c[c]cn2)c(Br)c1. The summed E-state index contributed by atoms with van der Waals surface area (Å²) in [6, 6.07) is 7.25. The molecule has 0 N–H and O–H groups in total. The van der Waals surface area contributed by atoms with E-state index < -0.39 is 0 Å². The third-order valence-corrected chi connectivity index (χ3v) is 2.25. The summed E-state index contributed by atoms with van der Waals surface area (Å²) in [4.78, 5) is 0. The molecular weight excluding hydrogens is 235 g/mol. The Morgan fingerprint density at radius 2 is 2.31 bits per heavy atom. The van der Waals surface area contributed by atoms with Crippen LogP contribution in [-0.4, -0.2) is 9.78 Å². The van der Waals surface area contributed by atoms with E-state index in [2.05, 4.69) is 27.1 Å². The van der Waals surface area contributed by atoms with Crippen LogP contribution in [-0.2, 0) is 0 Å². The van der Waals surface area contributed by atoms with Crippen molar-refractivity contribution in [2.24, 2.45) is 0 Å². The molecule has 2 aromatic rings. The van der Waals surface area contributed by atoms with E-state index in [1.807, 2.05) is 0 Å². The normalized spacial score (nSPS) is 10.3. The Hall–Kier alpha value is -1.16. The number of hydrogen-bond acceptors (Lipinski definition) is 1. The molecule has 0 aliphatic heterocycles. The van der Waals surface area contributed by atoms with Crippen LogP contribution in [0.5, 0.6) is 0 Å². The van der Waals surface area contributed by atoms with Gasteiger partial charge in [-0.1, -0.05) is 0 Å². The molecule has 2 rings (SSSR count). The Morgan fingerprint density at radius 1 is 1.46 bits per heavy atom. The third-order valence-electron chi connectivity index (χ3n) is 1.61. The summed E-state index contributed by atoms with van der Waals surface area (Å²) in [5, 5.41) is 3.99. The number of halogens is 2. The molecule has 2 nitrogen and oxygen atoms in total. The van der Waals surface area contributed by atoms with Crippen LogP contribution in [0.1, 0.15) is 0 Å². The van der Waals surface area contributed by atoms with Crippen LogP contribution >= 0.6 is 15.9 Å². The zero-order valence-electron chi connectivity index (χ0n) is 6.54. The van der Waals surface area contributed by atoms with Gasteiger partial charge in [0.2, 0.25) is 0 Å². The van der Waals surface area contributed by atoms with Gasteiger partial charge in [0.25, 0.3) is 0 Å². The monoisotopic (exact) mass is 239 g/mol. The second-order valence-corrected chi connectivity index (χ2v) is 3.33. The van der Waals surface area contributed by atoms with Gasteiger partial charge in [-0.05, 0) is 34.1 Å². The van der Waals surface area contributed by atoms with Gasteiger partial charge in [0, 0.05) is 16.7 Å². The van der Waals surface area contributed by atoms with Gasteiger partial charge in [-0.3, -0.25) is 0 Å². The van der Waals surface area contributed by atoms with Crippen molar-refractivity contribution < 1.29 is 4.39 Å². The van der Waals surface area contributed by atoms with Crippen molar-refractivity contribution in [1.29, 1.82) is 0 Å². The molecular formula is C9H5BrFN2. The fourth-order valence-corrected chi connectivity index (χ4v) is 1.56. The molecule has 0 aliphatic rings. The first kappa shape index (κ1) is 8.44. The van der Waals surface area contributed by atoms with Gasteiger partial charge in [0.05, 0.1) is 11.9 Å². The summed E-state index contributed by atoms with van der Waals surface area (Å²) in [5.74, 6) is -0.272. The smallest absolute Gasteiger partial charge is 0.124 e. The van der Waals surface area contributed by atoms with Crippen molar-refractivity contribution in [3.63, 3.8) is 0 Å². The van der Waals surface area contributed by atoms with Gasteiger partial charge in [-0.25, -0.2) is 9.07 Å². The van der Waals surface area contributed by atoms with Crippen molar-refractivity contribution in [1.82, 2.24) is 9.78 Å². The molecule has 0 saturated carbocycles. The Bertz CT molecular complexity index is 412. The van der Waals surface area contributed by atoms with E-state index >= 15 is 0 Å². The number of aromatic nitrogens is 2. The minimum Gasteiger partial charge on any atom is -0.239 e. The van der Waals surface area contributed by atoms with E-state index in [-0.39, 0.29) is 5.82 Å². The first-order valence-electron chi connectivity index (χ1n) is 3.63. The van der Waals surface area contributed by atoms with E-state index in [0.717, 1.165) is 5.69 Å². The fourth-order valence-electron chi connectivity index (χ4n) is 1.03. The molecule has 0 atom stereocenters. The topological polar surface area (TPSA) is 17.8 Å². The first-order valence-corrected chi connectivity index (χ1v) is 4.43. The second-order valence-electron chi connectivity index (χ2n) is 2.48. The van der Waals surface area contributed by atoms with Crippen LogP contribution in [0.15, 0.2) is 35.1 Å². The summed E-state index contributed by atoms with van der Waals surface area (Å²) in [6.07, 6.45) is 3.23. The Balaban J connectivity index is 2.53. The van der Waals surface area contributed by atoms with Gasteiger partial charge in [-0.15, -0.1) is 0 Å². The van der Waals surface area contributed by atoms with Crippen LogP contribution in [0.4, 0.5) is 4.39 Å². The molecule has 0 saturated heterocycles. The predicted octanol–water partition coefficient (Wildman–Crippen LogP) is 2.57. The summed E-state index contributed by atoms with van der Waals surface area (Å²) in [6.45, 7) is 0. The maximum atomic E-state index is 12.7. The van der Waals surface area contributed by atoms with Crippen LogP contribution < -0.4 is 0 Å². The second kappa shape index (κ2) is 3.30. The van der Waals surface area contributed by atoms with Crippen LogP contribution in [0, 0.1) is 11.9 Å². The molecule has 1 heterocycles. The zero-order chi connectivity index (χ0) is 9.26. The number of hydrogen-bond donors (Lipinski definition) is 0. The minimum absolute atomic E-state index is 0.272. The molecule has 1 aromatic heterocycles. The molecule has 0 bridgehead atoms. The fraction of sp³-hybridized carbons (Fsp3) is 0. The van der Waals surface area contributed by atoms with Crippen molar-refractivity contribution in [3.05, 3.63) is 46.9 Å². The molecule has 0 spiro atoms. The molecule has 0 unspecified atom stereocenters. The first-order chi connectivity index (χ1) is 6.27. The lowest BCUT2D eigenvalue weighted by Gasteiger charge is -2.03. The Labute approximate surface area is 83.1 Å². The van der Waals surface area contributed by atoms with Crippen molar-refractivity contribution in [2.75, 3.05) is 0 Å². The lowest BCUT2D eigenvalue weighted by Crippen LogP contribution is -1.95. The highest BCUT2D eigenvalue weighted by Gasteiger charge is 2.02. The lowest BCUT2D eigenvalue weighted by molar-refractivity contribution is 0.626. The molecule has 1 aromatic carbocycles. The highest BCUT2D eigenvalue weighted by atomic mass is 79.9. The summed E-state index contributed by atoms with van der Waals surface area (Å²) >= 11 is 3.25. The van der Waals surface area contributed by atoms with Gasteiger partial charge < -0.3 is 0 Å². The van der Waals surface area contributed by atoms with Gasteiger partial charge in [-0.2, -0.15) is 5.10 Å². The standard InChI is InChI=1S/C9H5BrFN2/c10-8-6-7(11)2-3-9(8)13-5-1-4-12-13/h2-6H. The Kier molecular flexibility index (Phi) is 2.14. The summed E-state index contributed by atoms with van der Waals surface area (Å²) in [7, 11) is 0. The molecule has 0 amide bonds. The van der Waals surface area contributed by atoms with Gasteiger partial charge >= 0.3 is 0 Å². The highest BCUT2D eigenvalue weighted by Crippen LogP contribution is 2.20. The van der Waals surface area contributed by atoms with E-state index in [9.17, 15) is 4.39 Å². The average Bonchev–Trinajstić information content (AvgIpc) is 2.56. The van der Waals surface area contributed by atoms with E-state index in [0.29, 0.717) is 4.47 Å². The van der Waals surface area contributed by atoms with Crippen molar-refractivity contribution in [3.8, 4) is 5.69 Å². The molecule has 13 heavy (non-hydrogen) atoms. The van der Waals surface area contributed by atoms with Crippen molar-refractivity contribution in [2.45, 2.75) is 0 Å². The Morgan fingerprint density at radius 3 is 2.92 bits per heavy atom. The maximum Gasteiger partial charge on any atom is 0.124 e. The van der Waals surface area contributed by atoms with Gasteiger partial charge in [0.15, 0.2) is 0 Å². The number of benzene rings is 1. The van der Waals surface area contributed by atoms with Crippen LogP contribution in [0.3, 0.4) is 0 Å². The minimum atomic E-state index is -0.272.